The molecule has 47 heavy (non-hydrogen) atoms. The summed E-state index contributed by atoms with van der Waals surface area (Å²) in [6.07, 6.45) is 3.29. The van der Waals surface area contributed by atoms with Crippen LogP contribution in [-0.4, -0.2) is 68.1 Å². The lowest BCUT2D eigenvalue weighted by atomic mass is 9.98. The van der Waals surface area contributed by atoms with Crippen LogP contribution >= 0.6 is 0 Å². The summed E-state index contributed by atoms with van der Waals surface area (Å²) in [5, 5.41) is 5.86. The Morgan fingerprint density at radius 2 is 1.57 bits per heavy atom. The lowest BCUT2D eigenvalue weighted by Gasteiger charge is -2.29. The summed E-state index contributed by atoms with van der Waals surface area (Å²) in [5.41, 5.74) is 7.44. The van der Waals surface area contributed by atoms with Gasteiger partial charge in [-0.25, -0.2) is 4.98 Å². The maximum absolute atomic E-state index is 13.6. The van der Waals surface area contributed by atoms with Crippen LogP contribution in [0.1, 0.15) is 37.5 Å². The topological polar surface area (TPSA) is 109 Å². The van der Waals surface area contributed by atoms with Crippen LogP contribution in [0.25, 0.3) is 11.0 Å². The molecule has 4 aromatic carbocycles. The predicted octanol–water partition coefficient (Wildman–Crippen LogP) is 5.82. The highest BCUT2D eigenvalue weighted by Gasteiger charge is 2.20. The van der Waals surface area contributed by atoms with E-state index in [1.807, 2.05) is 67.5 Å². The van der Waals surface area contributed by atoms with Crippen molar-refractivity contribution >= 4 is 39.9 Å². The summed E-state index contributed by atoms with van der Waals surface area (Å²) in [5.74, 6) is 0.748. The third-order valence-electron chi connectivity index (χ3n) is 8.42. The summed E-state index contributed by atoms with van der Waals surface area (Å²) >= 11 is 0. The molecule has 0 spiro atoms. The Labute approximate surface area is 274 Å². The van der Waals surface area contributed by atoms with Crippen LogP contribution in [-0.2, 0) is 19.4 Å². The smallest absolute Gasteiger partial charge is 0.275 e. The van der Waals surface area contributed by atoms with E-state index >= 15 is 0 Å². The van der Waals surface area contributed by atoms with E-state index in [1.54, 1.807) is 32.4 Å². The highest BCUT2D eigenvalue weighted by Crippen LogP contribution is 2.33. The van der Waals surface area contributed by atoms with Crippen molar-refractivity contribution in [1.82, 2.24) is 14.9 Å². The van der Waals surface area contributed by atoms with E-state index in [2.05, 4.69) is 37.6 Å². The van der Waals surface area contributed by atoms with Gasteiger partial charge in [0.2, 0.25) is 0 Å². The van der Waals surface area contributed by atoms with Gasteiger partial charge in [0.05, 0.1) is 42.7 Å². The standard InChI is InChI=1S/C37H38N6O4/c1-42(2)28-13-14-30(41-37(45)33-22-38-31-7-5-6-8-32(31)40-33)29(21-28)36(44)39-27-11-9-24(10-12-27)15-17-43-18-16-25-19-34(46-3)35(47-4)20-26(25)23-43/h5-14,19-22H,15-18,23H2,1-4H3,(H,39,44)(H,41,45). The number of anilines is 3. The molecule has 10 nitrogen and oxygen atoms in total. The summed E-state index contributed by atoms with van der Waals surface area (Å²) in [7, 11) is 7.13. The highest BCUT2D eigenvalue weighted by molar-refractivity contribution is 6.12. The molecule has 2 N–H and O–H groups in total. The van der Waals surface area contributed by atoms with Gasteiger partial charge in [0.25, 0.3) is 11.8 Å². The van der Waals surface area contributed by atoms with Gasteiger partial charge in [-0.1, -0.05) is 24.3 Å². The quantitative estimate of drug-likeness (QED) is 0.199. The first kappa shape index (κ1) is 31.5. The molecule has 240 valence electrons. The van der Waals surface area contributed by atoms with Crippen LogP contribution < -0.4 is 25.0 Å². The molecule has 1 aliphatic heterocycles. The zero-order valence-corrected chi connectivity index (χ0v) is 27.0. The number of nitrogens with one attached hydrogen (secondary N) is 2. The van der Waals surface area contributed by atoms with Crippen LogP contribution in [0.2, 0.25) is 0 Å². The van der Waals surface area contributed by atoms with E-state index in [0.717, 1.165) is 49.7 Å². The van der Waals surface area contributed by atoms with E-state index in [-0.39, 0.29) is 11.6 Å². The van der Waals surface area contributed by atoms with E-state index in [0.29, 0.717) is 28.0 Å². The van der Waals surface area contributed by atoms with Crippen molar-refractivity contribution in [3.63, 3.8) is 0 Å². The minimum Gasteiger partial charge on any atom is -0.493 e. The highest BCUT2D eigenvalue weighted by atomic mass is 16.5. The van der Waals surface area contributed by atoms with Crippen molar-refractivity contribution in [3.05, 3.63) is 113 Å². The first-order chi connectivity index (χ1) is 22.8. The third-order valence-corrected chi connectivity index (χ3v) is 8.42. The van der Waals surface area contributed by atoms with Crippen LogP contribution in [0.4, 0.5) is 17.1 Å². The number of amides is 2. The second-order valence-electron chi connectivity index (χ2n) is 11.7. The second kappa shape index (κ2) is 13.9. The molecule has 0 radical (unpaired) electrons. The summed E-state index contributed by atoms with van der Waals surface area (Å²) < 4.78 is 11.0. The number of fused-ring (bicyclic) bond motifs is 2. The number of rotatable bonds is 10. The number of ether oxygens (including phenoxy) is 2. The van der Waals surface area contributed by atoms with Gasteiger partial charge in [0, 0.05) is 45.1 Å². The Hall–Kier alpha value is -5.48. The minimum absolute atomic E-state index is 0.163. The van der Waals surface area contributed by atoms with Crippen molar-refractivity contribution in [3.8, 4) is 11.5 Å². The van der Waals surface area contributed by atoms with Gasteiger partial charge < -0.3 is 25.0 Å². The number of aromatic nitrogens is 2. The van der Waals surface area contributed by atoms with Crippen molar-refractivity contribution in [2.45, 2.75) is 19.4 Å². The zero-order chi connectivity index (χ0) is 32.9. The van der Waals surface area contributed by atoms with Gasteiger partial charge in [-0.3, -0.25) is 19.5 Å². The van der Waals surface area contributed by atoms with E-state index < -0.39 is 5.91 Å². The van der Waals surface area contributed by atoms with Crippen molar-refractivity contribution < 1.29 is 19.1 Å². The van der Waals surface area contributed by atoms with Crippen molar-refractivity contribution in [1.29, 1.82) is 0 Å². The van der Waals surface area contributed by atoms with Gasteiger partial charge in [-0.15, -0.1) is 0 Å². The van der Waals surface area contributed by atoms with Gasteiger partial charge in [0.15, 0.2) is 11.5 Å². The molecule has 5 aromatic rings. The van der Waals surface area contributed by atoms with Gasteiger partial charge in [-0.2, -0.15) is 0 Å². The molecule has 0 fully saturated rings. The number of para-hydroxylation sites is 2. The molecule has 0 saturated heterocycles. The van der Waals surface area contributed by atoms with Crippen LogP contribution in [0.15, 0.2) is 85.1 Å². The molecular formula is C37H38N6O4. The van der Waals surface area contributed by atoms with Crippen LogP contribution in [0.5, 0.6) is 11.5 Å². The van der Waals surface area contributed by atoms with E-state index in [9.17, 15) is 9.59 Å². The molecule has 2 amide bonds. The molecule has 1 aliphatic rings. The van der Waals surface area contributed by atoms with Crippen LogP contribution in [0.3, 0.4) is 0 Å². The molecule has 0 saturated carbocycles. The predicted molar refractivity (Wildman–Crippen MR) is 185 cm³/mol. The first-order valence-electron chi connectivity index (χ1n) is 15.5. The number of nitrogens with zero attached hydrogens (tertiary/aromatic N) is 4. The Kier molecular flexibility index (Phi) is 9.30. The largest absolute Gasteiger partial charge is 0.493 e. The molecule has 0 aliphatic carbocycles. The molecular weight excluding hydrogens is 592 g/mol. The lowest BCUT2D eigenvalue weighted by Crippen LogP contribution is -2.32. The van der Waals surface area contributed by atoms with Gasteiger partial charge in [-0.05, 0) is 84.1 Å². The number of hydrogen-bond donors (Lipinski definition) is 2. The summed E-state index contributed by atoms with van der Waals surface area (Å²) in [6.45, 7) is 2.76. The zero-order valence-electron chi connectivity index (χ0n) is 27.0. The number of carbonyl (C=O) groups excluding carboxylic acids is 2. The normalized spacial score (nSPS) is 12.7. The SMILES string of the molecule is COc1cc2c(cc1OC)CN(CCc1ccc(NC(=O)c3cc(N(C)C)ccc3NC(=O)c3cnc4ccccc4n3)cc1)CC2. The van der Waals surface area contributed by atoms with E-state index in [1.165, 1.54) is 22.9 Å². The second-order valence-corrected chi connectivity index (χ2v) is 11.7. The number of hydrogen-bond acceptors (Lipinski definition) is 8. The van der Waals surface area contributed by atoms with Crippen molar-refractivity contribution in [2.75, 3.05) is 56.9 Å². The average Bonchev–Trinajstić information content (AvgIpc) is 3.10. The fraction of sp³-hybridized carbons (Fsp3) is 0.243. The van der Waals surface area contributed by atoms with Crippen LogP contribution in [0, 0.1) is 0 Å². The molecule has 0 bridgehead atoms. The number of carbonyl (C=O) groups is 2. The Morgan fingerprint density at radius 3 is 2.30 bits per heavy atom. The van der Waals surface area contributed by atoms with Gasteiger partial charge >= 0.3 is 0 Å². The molecule has 0 unspecified atom stereocenters. The fourth-order valence-electron chi connectivity index (χ4n) is 5.73. The number of benzene rings is 4. The molecule has 10 heteroatoms. The third kappa shape index (κ3) is 7.18. The Morgan fingerprint density at radius 1 is 0.851 bits per heavy atom. The molecule has 2 heterocycles. The summed E-state index contributed by atoms with van der Waals surface area (Å²) in [6, 6.07) is 24.8. The lowest BCUT2D eigenvalue weighted by molar-refractivity contribution is 0.102. The Bertz CT molecular complexity index is 1930. The maximum Gasteiger partial charge on any atom is 0.275 e. The van der Waals surface area contributed by atoms with Crippen molar-refractivity contribution in [2.24, 2.45) is 0 Å². The van der Waals surface area contributed by atoms with E-state index in [4.69, 9.17) is 9.47 Å². The Balaban J connectivity index is 1.11. The average molecular weight is 631 g/mol. The first-order valence-corrected chi connectivity index (χ1v) is 15.5. The molecule has 0 atom stereocenters. The fourth-order valence-corrected chi connectivity index (χ4v) is 5.73. The minimum atomic E-state index is -0.449. The summed E-state index contributed by atoms with van der Waals surface area (Å²) in [4.78, 5) is 39.9. The van der Waals surface area contributed by atoms with Gasteiger partial charge in [0.1, 0.15) is 5.69 Å². The monoisotopic (exact) mass is 630 g/mol. The molecule has 6 rings (SSSR count). The number of methoxy groups -OCH3 is 2. The maximum atomic E-state index is 13.6. The molecule has 1 aromatic heterocycles.